The van der Waals surface area contributed by atoms with Crippen molar-refractivity contribution in [2.24, 2.45) is 5.92 Å². The average molecular weight is 344 g/mol. The van der Waals surface area contributed by atoms with E-state index in [2.05, 4.69) is 12.1 Å². The molecule has 1 amide bonds. The number of carbonyl (C=O) groups excluding carboxylic acids is 1. The Hall–Kier alpha value is -1.62. The standard InChI is InChI=1S/C19H24N2O2S/c1-13-4-5-17-16(11-13)19(23-20-17)14-6-8-21(9-7-14)18(22)12-15-3-2-10-24-15/h2-3,10,13-14H,4-9,11-12H2,1H3. The smallest absolute Gasteiger partial charge is 0.227 e. The highest BCUT2D eigenvalue weighted by molar-refractivity contribution is 7.10. The molecule has 2 aliphatic rings. The van der Waals surface area contributed by atoms with Crippen LogP contribution >= 0.6 is 11.3 Å². The van der Waals surface area contributed by atoms with Crippen LogP contribution < -0.4 is 0 Å². The SMILES string of the molecule is CC1CCc2noc(C3CCN(C(=O)Cc4cccs4)CC3)c2C1. The number of hydrogen-bond donors (Lipinski definition) is 0. The Balaban J connectivity index is 1.38. The van der Waals surface area contributed by atoms with Crippen LogP contribution in [0.4, 0.5) is 0 Å². The van der Waals surface area contributed by atoms with Gasteiger partial charge in [-0.2, -0.15) is 0 Å². The third-order valence-electron chi connectivity index (χ3n) is 5.45. The van der Waals surface area contributed by atoms with Crippen molar-refractivity contribution < 1.29 is 9.32 Å². The lowest BCUT2D eigenvalue weighted by Gasteiger charge is -2.31. The van der Waals surface area contributed by atoms with E-state index in [1.165, 1.54) is 17.7 Å². The van der Waals surface area contributed by atoms with Gasteiger partial charge in [-0.05, 0) is 49.5 Å². The lowest BCUT2D eigenvalue weighted by atomic mass is 9.83. The lowest BCUT2D eigenvalue weighted by Crippen LogP contribution is -2.38. The monoisotopic (exact) mass is 344 g/mol. The van der Waals surface area contributed by atoms with Gasteiger partial charge in [-0.1, -0.05) is 18.1 Å². The Bertz CT molecular complexity index is 699. The summed E-state index contributed by atoms with van der Waals surface area (Å²) in [7, 11) is 0. The number of likely N-dealkylation sites (tertiary alicyclic amines) is 1. The molecule has 1 aliphatic carbocycles. The van der Waals surface area contributed by atoms with Crippen LogP contribution in [0.15, 0.2) is 22.0 Å². The molecule has 0 saturated carbocycles. The van der Waals surface area contributed by atoms with Crippen molar-refractivity contribution in [2.45, 2.75) is 51.4 Å². The molecule has 0 N–H and O–H groups in total. The van der Waals surface area contributed by atoms with Gasteiger partial charge in [0.25, 0.3) is 0 Å². The molecule has 1 fully saturated rings. The van der Waals surface area contributed by atoms with Gasteiger partial charge in [0, 0.05) is 29.4 Å². The molecule has 0 radical (unpaired) electrons. The summed E-state index contributed by atoms with van der Waals surface area (Å²) in [5.74, 6) is 2.52. The number of hydrogen-bond acceptors (Lipinski definition) is 4. The fraction of sp³-hybridized carbons (Fsp3) is 0.579. The number of rotatable bonds is 3. The van der Waals surface area contributed by atoms with E-state index >= 15 is 0 Å². The first-order valence-corrected chi connectivity index (χ1v) is 9.86. The Labute approximate surface area is 146 Å². The first-order valence-electron chi connectivity index (χ1n) is 8.98. The van der Waals surface area contributed by atoms with E-state index in [0.717, 1.165) is 55.3 Å². The summed E-state index contributed by atoms with van der Waals surface area (Å²) in [5.41, 5.74) is 2.55. The topological polar surface area (TPSA) is 46.3 Å². The number of thiophene rings is 1. The van der Waals surface area contributed by atoms with Gasteiger partial charge < -0.3 is 9.42 Å². The Kier molecular flexibility index (Phi) is 4.44. The van der Waals surface area contributed by atoms with E-state index in [4.69, 9.17) is 4.52 Å². The van der Waals surface area contributed by atoms with Gasteiger partial charge in [-0.25, -0.2) is 0 Å². The number of amides is 1. The van der Waals surface area contributed by atoms with Gasteiger partial charge in [0.05, 0.1) is 12.1 Å². The number of aryl methyl sites for hydroxylation is 1. The van der Waals surface area contributed by atoms with Gasteiger partial charge in [-0.3, -0.25) is 4.79 Å². The van der Waals surface area contributed by atoms with Crippen molar-refractivity contribution in [1.29, 1.82) is 0 Å². The molecule has 2 aromatic heterocycles. The summed E-state index contributed by atoms with van der Waals surface area (Å²) in [6.45, 7) is 3.98. The number of carbonyl (C=O) groups is 1. The molecule has 0 aromatic carbocycles. The molecule has 2 aromatic rings. The van der Waals surface area contributed by atoms with Crippen LogP contribution in [0.1, 0.15) is 54.0 Å². The minimum atomic E-state index is 0.254. The molecule has 3 heterocycles. The van der Waals surface area contributed by atoms with Crippen LogP contribution in [0, 0.1) is 5.92 Å². The van der Waals surface area contributed by atoms with Gasteiger partial charge in [-0.15, -0.1) is 11.3 Å². The van der Waals surface area contributed by atoms with E-state index in [1.54, 1.807) is 11.3 Å². The Morgan fingerprint density at radius 1 is 1.38 bits per heavy atom. The van der Waals surface area contributed by atoms with Gasteiger partial charge in [0.2, 0.25) is 5.91 Å². The number of nitrogens with zero attached hydrogens (tertiary/aromatic N) is 2. The lowest BCUT2D eigenvalue weighted by molar-refractivity contribution is -0.131. The molecule has 24 heavy (non-hydrogen) atoms. The largest absolute Gasteiger partial charge is 0.361 e. The molecule has 4 nitrogen and oxygen atoms in total. The fourth-order valence-corrected chi connectivity index (χ4v) is 4.69. The quantitative estimate of drug-likeness (QED) is 0.850. The van der Waals surface area contributed by atoms with Crippen molar-refractivity contribution in [2.75, 3.05) is 13.1 Å². The van der Waals surface area contributed by atoms with Crippen molar-refractivity contribution >= 4 is 17.2 Å². The Morgan fingerprint density at radius 3 is 2.96 bits per heavy atom. The second kappa shape index (κ2) is 6.71. The first kappa shape index (κ1) is 15.9. The summed E-state index contributed by atoms with van der Waals surface area (Å²) in [4.78, 5) is 15.6. The molecule has 1 atom stereocenters. The Morgan fingerprint density at radius 2 is 2.21 bits per heavy atom. The van der Waals surface area contributed by atoms with Gasteiger partial charge in [0.1, 0.15) is 5.76 Å². The summed E-state index contributed by atoms with van der Waals surface area (Å²) in [5, 5.41) is 6.35. The summed E-state index contributed by atoms with van der Waals surface area (Å²) < 4.78 is 5.73. The molecular weight excluding hydrogens is 320 g/mol. The second-order valence-corrected chi connectivity index (χ2v) is 8.26. The van der Waals surface area contributed by atoms with Crippen molar-refractivity contribution in [1.82, 2.24) is 10.1 Å². The highest BCUT2D eigenvalue weighted by atomic mass is 32.1. The van der Waals surface area contributed by atoms with Crippen LogP contribution in [-0.4, -0.2) is 29.1 Å². The normalized spacial score (nSPS) is 21.7. The molecule has 5 heteroatoms. The average Bonchev–Trinajstić information content (AvgIpc) is 3.24. The van der Waals surface area contributed by atoms with E-state index in [1.807, 2.05) is 22.4 Å². The van der Waals surface area contributed by atoms with E-state index < -0.39 is 0 Å². The number of aromatic nitrogens is 1. The molecular formula is C19H24N2O2S. The van der Waals surface area contributed by atoms with Crippen molar-refractivity contribution in [3.05, 3.63) is 39.4 Å². The van der Waals surface area contributed by atoms with Gasteiger partial charge >= 0.3 is 0 Å². The minimum Gasteiger partial charge on any atom is -0.361 e. The van der Waals surface area contributed by atoms with Crippen LogP contribution in [-0.2, 0) is 24.1 Å². The molecule has 0 spiro atoms. The molecule has 1 aliphatic heterocycles. The van der Waals surface area contributed by atoms with Gasteiger partial charge in [0.15, 0.2) is 0 Å². The zero-order chi connectivity index (χ0) is 16.5. The summed E-state index contributed by atoms with van der Waals surface area (Å²) in [6.07, 6.45) is 5.90. The van der Waals surface area contributed by atoms with Crippen molar-refractivity contribution in [3.8, 4) is 0 Å². The molecule has 0 bridgehead atoms. The third kappa shape index (κ3) is 3.14. The molecule has 1 saturated heterocycles. The predicted octanol–water partition coefficient (Wildman–Crippen LogP) is 3.81. The van der Waals surface area contributed by atoms with Crippen LogP contribution in [0.2, 0.25) is 0 Å². The van der Waals surface area contributed by atoms with Crippen LogP contribution in [0.25, 0.3) is 0 Å². The molecule has 1 unspecified atom stereocenters. The zero-order valence-corrected chi connectivity index (χ0v) is 15.0. The predicted molar refractivity (Wildman–Crippen MR) is 94.3 cm³/mol. The van der Waals surface area contributed by atoms with Crippen LogP contribution in [0.3, 0.4) is 0 Å². The maximum Gasteiger partial charge on any atom is 0.227 e. The van der Waals surface area contributed by atoms with E-state index in [0.29, 0.717) is 12.3 Å². The maximum absolute atomic E-state index is 12.4. The van der Waals surface area contributed by atoms with E-state index in [-0.39, 0.29) is 5.91 Å². The molecule has 4 rings (SSSR count). The zero-order valence-electron chi connectivity index (χ0n) is 14.2. The molecule has 128 valence electrons. The van der Waals surface area contributed by atoms with Crippen molar-refractivity contribution in [3.63, 3.8) is 0 Å². The summed E-state index contributed by atoms with van der Waals surface area (Å²) in [6, 6.07) is 4.05. The second-order valence-electron chi connectivity index (χ2n) is 7.23. The third-order valence-corrected chi connectivity index (χ3v) is 6.33. The maximum atomic E-state index is 12.4. The number of fused-ring (bicyclic) bond motifs is 1. The number of piperidine rings is 1. The summed E-state index contributed by atoms with van der Waals surface area (Å²) >= 11 is 1.66. The van der Waals surface area contributed by atoms with E-state index in [9.17, 15) is 4.79 Å². The fourth-order valence-electron chi connectivity index (χ4n) is 3.99. The highest BCUT2D eigenvalue weighted by Crippen LogP contribution is 2.36. The first-order chi connectivity index (χ1) is 11.7. The minimum absolute atomic E-state index is 0.254. The van der Waals surface area contributed by atoms with Crippen LogP contribution in [0.5, 0.6) is 0 Å². The highest BCUT2D eigenvalue weighted by Gasteiger charge is 2.31.